The van der Waals surface area contributed by atoms with Crippen molar-refractivity contribution in [2.24, 2.45) is 17.8 Å². The second kappa shape index (κ2) is 19.9. The molecule has 0 saturated heterocycles. The molecule has 3 atom stereocenters. The summed E-state index contributed by atoms with van der Waals surface area (Å²) in [5, 5.41) is 9.00. The predicted octanol–water partition coefficient (Wildman–Crippen LogP) is 7.78. The lowest BCUT2D eigenvalue weighted by Crippen LogP contribution is -2.24. The molecule has 0 aliphatic carbocycles. The number of carboxylic acids is 1. The first kappa shape index (κ1) is 28.9. The van der Waals surface area contributed by atoms with Crippen LogP contribution in [0.1, 0.15) is 130 Å². The van der Waals surface area contributed by atoms with E-state index in [9.17, 15) is 9.59 Å². The third kappa shape index (κ3) is 15.7. The van der Waals surface area contributed by atoms with Gasteiger partial charge in [-0.2, -0.15) is 0 Å². The van der Waals surface area contributed by atoms with Crippen molar-refractivity contribution in [1.82, 2.24) is 0 Å². The van der Waals surface area contributed by atoms with Crippen LogP contribution in [0.15, 0.2) is 0 Å². The number of unbranched alkanes of at least 4 members (excludes halogenated alkanes) is 4. The van der Waals surface area contributed by atoms with Crippen molar-refractivity contribution >= 4 is 11.9 Å². The maximum absolute atomic E-state index is 13.0. The summed E-state index contributed by atoms with van der Waals surface area (Å²) in [6, 6.07) is 0. The molecule has 30 heavy (non-hydrogen) atoms. The molecular formula is C26H50O4. The quantitative estimate of drug-likeness (QED) is 0.150. The molecule has 0 bridgehead atoms. The molecule has 0 fully saturated rings. The highest BCUT2D eigenvalue weighted by atomic mass is 16.5. The Hall–Kier alpha value is -1.06. The fourth-order valence-electron chi connectivity index (χ4n) is 4.43. The van der Waals surface area contributed by atoms with Crippen molar-refractivity contribution < 1.29 is 19.4 Å². The number of carbonyl (C=O) groups excluding carboxylic acids is 1. The second-order valence-electron chi connectivity index (χ2n) is 9.15. The van der Waals surface area contributed by atoms with Crippen LogP contribution in [0.4, 0.5) is 0 Å². The molecule has 0 aliphatic rings. The van der Waals surface area contributed by atoms with Crippen LogP contribution in [0, 0.1) is 17.8 Å². The first-order chi connectivity index (χ1) is 14.5. The summed E-state index contributed by atoms with van der Waals surface area (Å²) in [5.41, 5.74) is 0. The molecule has 0 aliphatic heterocycles. The van der Waals surface area contributed by atoms with E-state index >= 15 is 0 Å². The van der Waals surface area contributed by atoms with E-state index in [1.54, 1.807) is 0 Å². The highest BCUT2D eigenvalue weighted by Crippen LogP contribution is 2.28. The van der Waals surface area contributed by atoms with Crippen LogP contribution in [-0.2, 0) is 14.3 Å². The smallest absolute Gasteiger partial charge is 0.308 e. The SMILES string of the molecule is CCCCCC(CCC)COC(=O)C(CCCC(=O)O)CC(CCC)CCCCC. The summed E-state index contributed by atoms with van der Waals surface area (Å²) in [5.74, 6) is -0.0239. The Morgan fingerprint density at radius 2 is 1.27 bits per heavy atom. The summed E-state index contributed by atoms with van der Waals surface area (Å²) in [7, 11) is 0. The van der Waals surface area contributed by atoms with Crippen molar-refractivity contribution in [2.75, 3.05) is 6.61 Å². The van der Waals surface area contributed by atoms with Crippen LogP contribution in [0.3, 0.4) is 0 Å². The van der Waals surface area contributed by atoms with Crippen LogP contribution in [0.5, 0.6) is 0 Å². The van der Waals surface area contributed by atoms with Crippen LogP contribution < -0.4 is 0 Å². The van der Waals surface area contributed by atoms with E-state index in [-0.39, 0.29) is 18.3 Å². The van der Waals surface area contributed by atoms with Crippen molar-refractivity contribution in [2.45, 2.75) is 130 Å². The monoisotopic (exact) mass is 426 g/mol. The number of aliphatic carboxylic acids is 1. The molecule has 0 saturated carbocycles. The van der Waals surface area contributed by atoms with Gasteiger partial charge in [-0.1, -0.05) is 91.9 Å². The Labute approximate surface area is 186 Å². The van der Waals surface area contributed by atoms with Crippen molar-refractivity contribution in [3.8, 4) is 0 Å². The molecule has 0 rings (SSSR count). The predicted molar refractivity (Wildman–Crippen MR) is 126 cm³/mol. The van der Waals surface area contributed by atoms with Gasteiger partial charge in [0.2, 0.25) is 0 Å². The van der Waals surface area contributed by atoms with Gasteiger partial charge in [0.25, 0.3) is 0 Å². The summed E-state index contributed by atoms with van der Waals surface area (Å²) < 4.78 is 5.83. The number of hydrogen-bond donors (Lipinski definition) is 1. The van der Waals surface area contributed by atoms with Crippen LogP contribution in [0.25, 0.3) is 0 Å². The molecule has 4 heteroatoms. The second-order valence-corrected chi connectivity index (χ2v) is 9.15. The molecule has 178 valence electrons. The Morgan fingerprint density at radius 1 is 0.700 bits per heavy atom. The van der Waals surface area contributed by atoms with Gasteiger partial charge < -0.3 is 9.84 Å². The Kier molecular flexibility index (Phi) is 19.2. The fourth-order valence-corrected chi connectivity index (χ4v) is 4.43. The lowest BCUT2D eigenvalue weighted by atomic mass is 9.85. The average Bonchev–Trinajstić information content (AvgIpc) is 2.71. The molecule has 0 amide bonds. The summed E-state index contributed by atoms with van der Waals surface area (Å²) in [4.78, 5) is 23.9. The molecule has 4 nitrogen and oxygen atoms in total. The lowest BCUT2D eigenvalue weighted by Gasteiger charge is -2.24. The van der Waals surface area contributed by atoms with Crippen LogP contribution in [-0.4, -0.2) is 23.7 Å². The number of carboxylic acid groups (broad SMARTS) is 1. The summed E-state index contributed by atoms with van der Waals surface area (Å²) >= 11 is 0. The zero-order chi connectivity index (χ0) is 22.6. The Bertz CT molecular complexity index is 421. The van der Waals surface area contributed by atoms with E-state index in [0.717, 1.165) is 38.5 Å². The van der Waals surface area contributed by atoms with Gasteiger partial charge in [-0.3, -0.25) is 9.59 Å². The molecule has 0 aromatic heterocycles. The molecule has 0 spiro atoms. The molecule has 0 aromatic carbocycles. The zero-order valence-electron chi connectivity index (χ0n) is 20.4. The van der Waals surface area contributed by atoms with Crippen molar-refractivity contribution in [3.63, 3.8) is 0 Å². The highest BCUT2D eigenvalue weighted by molar-refractivity contribution is 5.72. The third-order valence-electron chi connectivity index (χ3n) is 6.18. The van der Waals surface area contributed by atoms with Gasteiger partial charge in [-0.25, -0.2) is 0 Å². The molecule has 3 unspecified atom stereocenters. The van der Waals surface area contributed by atoms with Crippen LogP contribution in [0.2, 0.25) is 0 Å². The van der Waals surface area contributed by atoms with E-state index < -0.39 is 5.97 Å². The van der Waals surface area contributed by atoms with E-state index in [1.165, 1.54) is 44.9 Å². The maximum Gasteiger partial charge on any atom is 0.308 e. The maximum atomic E-state index is 13.0. The molecule has 0 heterocycles. The number of ether oxygens (including phenoxy) is 1. The van der Waals surface area contributed by atoms with Gasteiger partial charge >= 0.3 is 11.9 Å². The lowest BCUT2D eigenvalue weighted by molar-refractivity contribution is -0.151. The molecular weight excluding hydrogens is 376 g/mol. The molecule has 0 aromatic rings. The Morgan fingerprint density at radius 3 is 1.80 bits per heavy atom. The standard InChI is InChI=1S/C26H50O4/c1-5-9-11-16-22(14-7-3)20-24(18-13-19-25(27)28)26(29)30-21-23(15-8-4)17-12-10-6-2/h22-24H,5-21H2,1-4H3,(H,27,28). The first-order valence-corrected chi connectivity index (χ1v) is 12.9. The van der Waals surface area contributed by atoms with Gasteiger partial charge in [-0.15, -0.1) is 0 Å². The molecule has 0 radical (unpaired) electrons. The largest absolute Gasteiger partial charge is 0.481 e. The van der Waals surface area contributed by atoms with Gasteiger partial charge in [-0.05, 0) is 43.9 Å². The average molecular weight is 427 g/mol. The minimum absolute atomic E-state index is 0.0893. The Balaban J connectivity index is 4.85. The van der Waals surface area contributed by atoms with Gasteiger partial charge in [0.15, 0.2) is 0 Å². The minimum atomic E-state index is -0.783. The first-order valence-electron chi connectivity index (χ1n) is 12.9. The van der Waals surface area contributed by atoms with Crippen molar-refractivity contribution in [3.05, 3.63) is 0 Å². The number of esters is 1. The van der Waals surface area contributed by atoms with E-state index in [1.807, 2.05) is 0 Å². The molecule has 1 N–H and O–H groups in total. The summed E-state index contributed by atoms with van der Waals surface area (Å²) in [6.07, 6.45) is 16.3. The zero-order valence-corrected chi connectivity index (χ0v) is 20.4. The normalized spacial score (nSPS) is 14.3. The van der Waals surface area contributed by atoms with Gasteiger partial charge in [0.05, 0.1) is 12.5 Å². The van der Waals surface area contributed by atoms with E-state index in [4.69, 9.17) is 9.84 Å². The van der Waals surface area contributed by atoms with Crippen molar-refractivity contribution in [1.29, 1.82) is 0 Å². The number of carbonyl (C=O) groups is 2. The number of rotatable bonds is 21. The highest BCUT2D eigenvalue weighted by Gasteiger charge is 2.25. The third-order valence-corrected chi connectivity index (χ3v) is 6.18. The van der Waals surface area contributed by atoms with Gasteiger partial charge in [0, 0.05) is 6.42 Å². The fraction of sp³-hybridized carbons (Fsp3) is 0.923. The van der Waals surface area contributed by atoms with Gasteiger partial charge in [0.1, 0.15) is 0 Å². The number of hydrogen-bond acceptors (Lipinski definition) is 3. The minimum Gasteiger partial charge on any atom is -0.481 e. The van der Waals surface area contributed by atoms with E-state index in [0.29, 0.717) is 31.3 Å². The summed E-state index contributed by atoms with van der Waals surface area (Å²) in [6.45, 7) is 9.35. The topological polar surface area (TPSA) is 63.6 Å². The van der Waals surface area contributed by atoms with E-state index in [2.05, 4.69) is 27.7 Å². The van der Waals surface area contributed by atoms with Crippen LogP contribution >= 0.6 is 0 Å².